The molecule has 144 valence electrons. The van der Waals surface area contributed by atoms with Crippen LogP contribution in [0.2, 0.25) is 0 Å². The summed E-state index contributed by atoms with van der Waals surface area (Å²) in [5.74, 6) is -0.829. The number of H-pyrrole nitrogens is 1. The van der Waals surface area contributed by atoms with Gasteiger partial charge in [0, 0.05) is 43.9 Å². The van der Waals surface area contributed by atoms with Gasteiger partial charge in [0.05, 0.1) is 37.3 Å². The van der Waals surface area contributed by atoms with Crippen LogP contribution >= 0.6 is 0 Å². The normalized spacial score (nSPS) is 33.7. The zero-order chi connectivity index (χ0) is 18.6. The maximum absolute atomic E-state index is 13.4. The molecule has 8 nitrogen and oxygen atoms in total. The van der Waals surface area contributed by atoms with E-state index in [1.165, 1.54) is 0 Å². The maximum atomic E-state index is 13.4. The van der Waals surface area contributed by atoms with Crippen molar-refractivity contribution in [2.24, 2.45) is 11.8 Å². The Morgan fingerprint density at radius 2 is 2.41 bits per heavy atom. The van der Waals surface area contributed by atoms with Crippen LogP contribution in [0.3, 0.4) is 0 Å². The molecule has 27 heavy (non-hydrogen) atoms. The molecule has 8 heteroatoms. The molecule has 1 spiro atoms. The van der Waals surface area contributed by atoms with Crippen molar-refractivity contribution in [2.45, 2.75) is 31.6 Å². The Labute approximate surface area is 157 Å². The number of fused-ring (bicyclic) bond motifs is 2. The molecule has 2 bridgehead atoms. The molecule has 0 radical (unpaired) electrons. The number of aromatic amines is 1. The fourth-order valence-electron chi connectivity index (χ4n) is 4.99. The van der Waals surface area contributed by atoms with E-state index in [1.54, 1.807) is 11.1 Å². The van der Waals surface area contributed by atoms with E-state index in [9.17, 15) is 9.59 Å². The fraction of sp³-hybridized carbons (Fsp3) is 0.632. The van der Waals surface area contributed by atoms with Crippen LogP contribution in [0.1, 0.15) is 18.2 Å². The van der Waals surface area contributed by atoms with Gasteiger partial charge >= 0.3 is 0 Å². The zero-order valence-electron chi connectivity index (χ0n) is 15.4. The summed E-state index contributed by atoms with van der Waals surface area (Å²) >= 11 is 0. The first-order chi connectivity index (χ1) is 13.1. The third-order valence-electron chi connectivity index (χ3n) is 6.29. The molecule has 0 unspecified atom stereocenters. The van der Waals surface area contributed by atoms with Crippen molar-refractivity contribution in [1.29, 1.82) is 0 Å². The number of hydrogen-bond acceptors (Lipinski definition) is 5. The molecule has 0 saturated carbocycles. The second-order valence-corrected chi connectivity index (χ2v) is 7.74. The van der Waals surface area contributed by atoms with Crippen molar-refractivity contribution in [2.75, 3.05) is 32.8 Å². The second kappa shape index (κ2) is 6.17. The van der Waals surface area contributed by atoms with E-state index < -0.39 is 17.4 Å². The topological polar surface area (TPSA) is 87.8 Å². The monoisotopic (exact) mass is 372 g/mol. The molecule has 2 saturated heterocycles. The highest BCUT2D eigenvalue weighted by Crippen LogP contribution is 2.52. The van der Waals surface area contributed by atoms with E-state index >= 15 is 0 Å². The number of nitrogens with zero attached hydrogens (tertiary/aromatic N) is 3. The largest absolute Gasteiger partial charge is 0.380 e. The number of amides is 2. The second-order valence-electron chi connectivity index (χ2n) is 7.74. The summed E-state index contributed by atoms with van der Waals surface area (Å²) in [7, 11) is 0. The fourth-order valence-corrected chi connectivity index (χ4v) is 4.99. The van der Waals surface area contributed by atoms with Crippen LogP contribution < -0.4 is 0 Å². The Kier molecular flexibility index (Phi) is 3.87. The number of rotatable bonds is 5. The van der Waals surface area contributed by atoms with Crippen molar-refractivity contribution < 1.29 is 19.1 Å². The van der Waals surface area contributed by atoms with Crippen molar-refractivity contribution in [1.82, 2.24) is 20.0 Å². The standard InChI is InChI=1S/C19H24N4O4/c1-2-26-8-7-23-11-19-5-3-14(27-19)15(16(19)18(23)25)17(24)22-6-4-13-12(10-22)9-20-21-13/h3,5,9,14-16H,2,4,6-8,10-11H2,1H3,(H,20,21)/t14-,15-,16-,19-/m0/s1. The molecule has 5 heterocycles. The Balaban J connectivity index is 1.36. The molecule has 2 amide bonds. The molecule has 1 N–H and O–H groups in total. The smallest absolute Gasteiger partial charge is 0.230 e. The molecule has 4 atom stereocenters. The summed E-state index contributed by atoms with van der Waals surface area (Å²) in [4.78, 5) is 30.1. The van der Waals surface area contributed by atoms with Gasteiger partial charge in [0.25, 0.3) is 0 Å². The van der Waals surface area contributed by atoms with Gasteiger partial charge in [-0.3, -0.25) is 14.7 Å². The van der Waals surface area contributed by atoms with Gasteiger partial charge < -0.3 is 19.3 Å². The van der Waals surface area contributed by atoms with Crippen molar-refractivity contribution in [3.8, 4) is 0 Å². The molecule has 5 rings (SSSR count). The predicted molar refractivity (Wildman–Crippen MR) is 94.5 cm³/mol. The summed E-state index contributed by atoms with van der Waals surface area (Å²) in [6.07, 6.45) is 6.20. The molecule has 4 aliphatic heterocycles. The Morgan fingerprint density at radius 3 is 3.26 bits per heavy atom. The first kappa shape index (κ1) is 16.9. The quantitative estimate of drug-likeness (QED) is 0.586. The average molecular weight is 372 g/mol. The molecular weight excluding hydrogens is 348 g/mol. The van der Waals surface area contributed by atoms with Crippen molar-refractivity contribution in [3.05, 3.63) is 29.6 Å². The minimum absolute atomic E-state index is 0.0147. The highest BCUT2D eigenvalue weighted by atomic mass is 16.5. The number of aromatic nitrogens is 2. The van der Waals surface area contributed by atoms with Gasteiger partial charge in [0.2, 0.25) is 11.8 Å². The van der Waals surface area contributed by atoms with E-state index in [0.29, 0.717) is 39.4 Å². The summed E-state index contributed by atoms with van der Waals surface area (Å²) in [5, 5.41) is 7.06. The predicted octanol–water partition coefficient (Wildman–Crippen LogP) is 0.113. The number of carbonyl (C=O) groups excluding carboxylic acids is 2. The van der Waals surface area contributed by atoms with Gasteiger partial charge in [-0.1, -0.05) is 12.2 Å². The molecular formula is C19H24N4O4. The lowest BCUT2D eigenvalue weighted by Gasteiger charge is -2.32. The van der Waals surface area contributed by atoms with Crippen LogP contribution in [-0.2, 0) is 32.0 Å². The first-order valence-corrected chi connectivity index (χ1v) is 9.66. The van der Waals surface area contributed by atoms with E-state index in [-0.39, 0.29) is 17.9 Å². The highest BCUT2D eigenvalue weighted by Gasteiger charge is 2.67. The van der Waals surface area contributed by atoms with E-state index in [1.807, 2.05) is 24.0 Å². The van der Waals surface area contributed by atoms with Crippen LogP contribution in [0.15, 0.2) is 18.3 Å². The Morgan fingerprint density at radius 1 is 1.52 bits per heavy atom. The van der Waals surface area contributed by atoms with E-state index in [4.69, 9.17) is 9.47 Å². The van der Waals surface area contributed by atoms with Gasteiger partial charge in [-0.2, -0.15) is 5.10 Å². The van der Waals surface area contributed by atoms with E-state index in [0.717, 1.165) is 17.7 Å². The van der Waals surface area contributed by atoms with E-state index in [2.05, 4.69) is 10.2 Å². The third-order valence-corrected chi connectivity index (χ3v) is 6.29. The third kappa shape index (κ3) is 2.46. The molecule has 1 aromatic heterocycles. The Bertz CT molecular complexity index is 805. The lowest BCUT2D eigenvalue weighted by atomic mass is 9.76. The van der Waals surface area contributed by atoms with Gasteiger partial charge in [-0.15, -0.1) is 0 Å². The number of nitrogens with one attached hydrogen (secondary N) is 1. The minimum atomic E-state index is -0.648. The molecule has 1 aromatic rings. The number of hydrogen-bond donors (Lipinski definition) is 1. The van der Waals surface area contributed by atoms with Crippen molar-refractivity contribution in [3.63, 3.8) is 0 Å². The van der Waals surface area contributed by atoms with Gasteiger partial charge in [0.15, 0.2) is 0 Å². The SMILES string of the molecule is CCOCCN1C[C@]23C=C[C@H](O2)[C@H](C(=O)N2CCc4[nH]ncc4C2)[C@H]3C1=O. The number of ether oxygens (including phenoxy) is 2. The maximum Gasteiger partial charge on any atom is 0.230 e. The molecule has 0 aromatic carbocycles. The number of carbonyl (C=O) groups is 2. The van der Waals surface area contributed by atoms with Crippen LogP contribution in [0, 0.1) is 11.8 Å². The van der Waals surface area contributed by atoms with Crippen molar-refractivity contribution >= 4 is 11.8 Å². The summed E-state index contributed by atoms with van der Waals surface area (Å²) in [6, 6.07) is 0. The van der Waals surface area contributed by atoms with Crippen LogP contribution in [0.25, 0.3) is 0 Å². The lowest BCUT2D eigenvalue weighted by Crippen LogP contribution is -2.47. The van der Waals surface area contributed by atoms with Crippen LogP contribution in [-0.4, -0.2) is 76.4 Å². The number of likely N-dealkylation sites (tertiary alicyclic amines) is 1. The summed E-state index contributed by atoms with van der Waals surface area (Å²) in [5.41, 5.74) is 1.50. The zero-order valence-corrected chi connectivity index (χ0v) is 15.4. The lowest BCUT2D eigenvalue weighted by molar-refractivity contribution is -0.144. The first-order valence-electron chi connectivity index (χ1n) is 9.66. The minimum Gasteiger partial charge on any atom is -0.380 e. The van der Waals surface area contributed by atoms with Gasteiger partial charge in [-0.05, 0) is 6.92 Å². The summed E-state index contributed by atoms with van der Waals surface area (Å²) < 4.78 is 11.6. The molecule has 0 aliphatic carbocycles. The van der Waals surface area contributed by atoms with Crippen LogP contribution in [0.5, 0.6) is 0 Å². The van der Waals surface area contributed by atoms with Gasteiger partial charge in [-0.25, -0.2) is 0 Å². The Hall–Kier alpha value is -2.19. The summed E-state index contributed by atoms with van der Waals surface area (Å²) in [6.45, 7) is 5.29. The van der Waals surface area contributed by atoms with Crippen LogP contribution in [0.4, 0.5) is 0 Å². The van der Waals surface area contributed by atoms with Gasteiger partial charge in [0.1, 0.15) is 5.60 Å². The highest BCUT2D eigenvalue weighted by molar-refractivity contribution is 5.93. The average Bonchev–Trinajstić information content (AvgIpc) is 3.42. The molecule has 4 aliphatic rings. The molecule has 2 fully saturated rings.